The van der Waals surface area contributed by atoms with Crippen molar-refractivity contribution in [1.82, 2.24) is 0 Å². The average Bonchev–Trinajstić information content (AvgIpc) is 2.58. The molecule has 1 heterocycles. The SMILES string of the molecule is NCc1ccc(C2CCCS2(=O)=O)cc1. The lowest BCUT2D eigenvalue weighted by molar-refractivity contribution is 0.592. The maximum absolute atomic E-state index is 11.7. The highest BCUT2D eigenvalue weighted by atomic mass is 32.2. The van der Waals surface area contributed by atoms with Gasteiger partial charge in [0, 0.05) is 6.54 Å². The Kier molecular flexibility index (Phi) is 2.80. The van der Waals surface area contributed by atoms with Gasteiger partial charge in [0.05, 0.1) is 11.0 Å². The molecule has 0 amide bonds. The molecule has 4 heteroatoms. The number of sulfone groups is 1. The molecule has 0 spiro atoms. The molecule has 1 aromatic carbocycles. The standard InChI is InChI=1S/C11H15NO2S/c12-8-9-3-5-10(6-4-9)11-2-1-7-15(11,13)14/h3-6,11H,1-2,7-8,12H2. The van der Waals surface area contributed by atoms with E-state index in [0.717, 1.165) is 24.0 Å². The summed E-state index contributed by atoms with van der Waals surface area (Å²) in [7, 11) is -2.89. The summed E-state index contributed by atoms with van der Waals surface area (Å²) in [6.45, 7) is 0.498. The van der Waals surface area contributed by atoms with Crippen LogP contribution in [-0.2, 0) is 16.4 Å². The van der Waals surface area contributed by atoms with Crippen molar-refractivity contribution in [3.8, 4) is 0 Å². The quantitative estimate of drug-likeness (QED) is 0.827. The normalized spacial score (nSPS) is 24.2. The summed E-state index contributed by atoms with van der Waals surface area (Å²) >= 11 is 0. The van der Waals surface area contributed by atoms with E-state index in [-0.39, 0.29) is 5.25 Å². The lowest BCUT2D eigenvalue weighted by Gasteiger charge is -2.09. The van der Waals surface area contributed by atoms with Gasteiger partial charge in [-0.2, -0.15) is 0 Å². The Bertz CT molecular complexity index is 436. The molecule has 1 unspecified atom stereocenters. The largest absolute Gasteiger partial charge is 0.326 e. The maximum Gasteiger partial charge on any atom is 0.157 e. The molecule has 1 aliphatic rings. The fourth-order valence-electron chi connectivity index (χ4n) is 2.03. The van der Waals surface area contributed by atoms with Gasteiger partial charge in [0.25, 0.3) is 0 Å². The molecule has 2 rings (SSSR count). The van der Waals surface area contributed by atoms with Gasteiger partial charge in [-0.15, -0.1) is 0 Å². The van der Waals surface area contributed by atoms with Gasteiger partial charge in [-0.05, 0) is 24.0 Å². The van der Waals surface area contributed by atoms with Crippen molar-refractivity contribution in [2.45, 2.75) is 24.6 Å². The fraction of sp³-hybridized carbons (Fsp3) is 0.455. The Balaban J connectivity index is 2.30. The van der Waals surface area contributed by atoms with E-state index in [2.05, 4.69) is 0 Å². The molecule has 0 radical (unpaired) electrons. The number of nitrogens with two attached hydrogens (primary N) is 1. The molecule has 0 aliphatic carbocycles. The van der Waals surface area contributed by atoms with Gasteiger partial charge in [-0.1, -0.05) is 24.3 Å². The van der Waals surface area contributed by atoms with E-state index in [1.54, 1.807) is 0 Å². The van der Waals surface area contributed by atoms with Crippen LogP contribution in [0.5, 0.6) is 0 Å². The second-order valence-electron chi connectivity index (χ2n) is 3.94. The summed E-state index contributed by atoms with van der Waals surface area (Å²) in [4.78, 5) is 0. The van der Waals surface area contributed by atoms with Crippen molar-refractivity contribution in [2.75, 3.05) is 5.75 Å². The Labute approximate surface area is 90.2 Å². The van der Waals surface area contributed by atoms with Gasteiger partial charge < -0.3 is 5.73 Å². The summed E-state index contributed by atoms with van der Waals surface area (Å²) in [5.74, 6) is 0.330. The predicted octanol–water partition coefficient (Wildman–Crippen LogP) is 1.40. The smallest absolute Gasteiger partial charge is 0.157 e. The van der Waals surface area contributed by atoms with Crippen LogP contribution < -0.4 is 5.73 Å². The molecule has 0 aromatic heterocycles. The van der Waals surface area contributed by atoms with Gasteiger partial charge in [-0.3, -0.25) is 0 Å². The number of benzene rings is 1. The van der Waals surface area contributed by atoms with Gasteiger partial charge >= 0.3 is 0 Å². The minimum absolute atomic E-state index is 0.288. The van der Waals surface area contributed by atoms with E-state index in [1.165, 1.54) is 0 Å². The third-order valence-electron chi connectivity index (χ3n) is 2.92. The summed E-state index contributed by atoms with van der Waals surface area (Å²) in [5, 5.41) is -0.288. The highest BCUT2D eigenvalue weighted by Crippen LogP contribution is 2.34. The van der Waals surface area contributed by atoms with Crippen LogP contribution in [0.15, 0.2) is 24.3 Å². The second-order valence-corrected chi connectivity index (χ2v) is 6.25. The highest BCUT2D eigenvalue weighted by Gasteiger charge is 2.32. The third-order valence-corrected chi connectivity index (χ3v) is 5.15. The molecular weight excluding hydrogens is 210 g/mol. The topological polar surface area (TPSA) is 60.2 Å². The van der Waals surface area contributed by atoms with E-state index in [9.17, 15) is 8.42 Å². The average molecular weight is 225 g/mol. The highest BCUT2D eigenvalue weighted by molar-refractivity contribution is 7.91. The molecule has 3 nitrogen and oxygen atoms in total. The first-order chi connectivity index (χ1) is 7.13. The van der Waals surface area contributed by atoms with Gasteiger partial charge in [0.1, 0.15) is 0 Å². The Hall–Kier alpha value is -0.870. The van der Waals surface area contributed by atoms with Crippen LogP contribution >= 0.6 is 0 Å². The molecule has 2 N–H and O–H groups in total. The summed E-state index contributed by atoms with van der Waals surface area (Å²) < 4.78 is 23.4. The Morgan fingerprint density at radius 3 is 2.40 bits per heavy atom. The number of hydrogen-bond donors (Lipinski definition) is 1. The lowest BCUT2D eigenvalue weighted by atomic mass is 10.1. The first-order valence-electron chi connectivity index (χ1n) is 5.14. The van der Waals surface area contributed by atoms with E-state index < -0.39 is 9.84 Å². The fourth-order valence-corrected chi connectivity index (χ4v) is 3.99. The molecular formula is C11H15NO2S. The van der Waals surface area contributed by atoms with E-state index >= 15 is 0 Å². The van der Waals surface area contributed by atoms with Crippen LogP contribution in [0.2, 0.25) is 0 Å². The first kappa shape index (κ1) is 10.6. The summed E-state index contributed by atoms with van der Waals surface area (Å²) in [6.07, 6.45) is 1.54. The monoisotopic (exact) mass is 225 g/mol. The zero-order valence-corrected chi connectivity index (χ0v) is 9.33. The Morgan fingerprint density at radius 2 is 1.93 bits per heavy atom. The minimum atomic E-state index is -2.89. The van der Waals surface area contributed by atoms with E-state index in [0.29, 0.717) is 12.3 Å². The molecule has 0 saturated carbocycles. The molecule has 82 valence electrons. The molecule has 1 fully saturated rings. The maximum atomic E-state index is 11.7. The van der Waals surface area contributed by atoms with Gasteiger partial charge in [-0.25, -0.2) is 8.42 Å². The summed E-state index contributed by atoms with van der Waals surface area (Å²) in [5.41, 5.74) is 7.43. The van der Waals surface area contributed by atoms with Crippen LogP contribution in [0.4, 0.5) is 0 Å². The van der Waals surface area contributed by atoms with Crippen molar-refractivity contribution in [2.24, 2.45) is 5.73 Å². The predicted molar refractivity (Wildman–Crippen MR) is 60.1 cm³/mol. The number of hydrogen-bond acceptors (Lipinski definition) is 3. The van der Waals surface area contributed by atoms with E-state index in [4.69, 9.17) is 5.73 Å². The van der Waals surface area contributed by atoms with Crippen LogP contribution in [0.1, 0.15) is 29.2 Å². The van der Waals surface area contributed by atoms with Gasteiger partial charge in [0.15, 0.2) is 9.84 Å². The first-order valence-corrected chi connectivity index (χ1v) is 6.85. The Morgan fingerprint density at radius 1 is 1.27 bits per heavy atom. The summed E-state index contributed by atoms with van der Waals surface area (Å²) in [6, 6.07) is 7.58. The van der Waals surface area contributed by atoms with Crippen LogP contribution in [0.25, 0.3) is 0 Å². The number of rotatable bonds is 2. The molecule has 1 saturated heterocycles. The molecule has 1 aliphatic heterocycles. The van der Waals surface area contributed by atoms with Crippen molar-refractivity contribution in [3.05, 3.63) is 35.4 Å². The van der Waals surface area contributed by atoms with Crippen LogP contribution in [0.3, 0.4) is 0 Å². The van der Waals surface area contributed by atoms with Gasteiger partial charge in [0.2, 0.25) is 0 Å². The lowest BCUT2D eigenvalue weighted by Crippen LogP contribution is -2.08. The molecule has 1 aromatic rings. The minimum Gasteiger partial charge on any atom is -0.326 e. The second kappa shape index (κ2) is 3.94. The molecule has 15 heavy (non-hydrogen) atoms. The molecule has 0 bridgehead atoms. The van der Waals surface area contributed by atoms with Crippen molar-refractivity contribution in [1.29, 1.82) is 0 Å². The van der Waals surface area contributed by atoms with Crippen LogP contribution in [0, 0.1) is 0 Å². The van der Waals surface area contributed by atoms with Crippen molar-refractivity contribution < 1.29 is 8.42 Å². The van der Waals surface area contributed by atoms with Crippen molar-refractivity contribution in [3.63, 3.8) is 0 Å². The van der Waals surface area contributed by atoms with E-state index in [1.807, 2.05) is 24.3 Å². The van der Waals surface area contributed by atoms with Crippen molar-refractivity contribution >= 4 is 9.84 Å². The molecule has 1 atom stereocenters. The zero-order chi connectivity index (χ0) is 10.9. The third kappa shape index (κ3) is 2.06. The zero-order valence-electron chi connectivity index (χ0n) is 8.52. The van der Waals surface area contributed by atoms with Crippen LogP contribution in [-0.4, -0.2) is 14.2 Å².